The van der Waals surface area contributed by atoms with Gasteiger partial charge in [-0.1, -0.05) is 24.6 Å². The Bertz CT molecular complexity index is 645. The molecule has 1 N–H and O–H groups in total. The van der Waals surface area contributed by atoms with Crippen LogP contribution in [-0.4, -0.2) is 43.4 Å². The van der Waals surface area contributed by atoms with Gasteiger partial charge in [-0.3, -0.25) is 4.90 Å². The van der Waals surface area contributed by atoms with Gasteiger partial charge in [-0.2, -0.15) is 0 Å². The zero-order valence-electron chi connectivity index (χ0n) is 13.2. The van der Waals surface area contributed by atoms with Gasteiger partial charge in [0.25, 0.3) is 0 Å². The molecule has 2 heterocycles. The number of ether oxygens (including phenoxy) is 2. The number of nitrogens with one attached hydrogen (secondary N) is 1. The van der Waals surface area contributed by atoms with Gasteiger partial charge in [-0.25, -0.2) is 9.59 Å². The number of benzene rings is 1. The summed E-state index contributed by atoms with van der Waals surface area (Å²) >= 11 is 0. The van der Waals surface area contributed by atoms with Crippen LogP contribution in [0.25, 0.3) is 0 Å². The first-order valence-corrected chi connectivity index (χ1v) is 7.24. The maximum atomic E-state index is 12.2. The van der Waals surface area contributed by atoms with Gasteiger partial charge in [-0.05, 0) is 25.0 Å². The van der Waals surface area contributed by atoms with Gasteiger partial charge in [-0.15, -0.1) is 0 Å². The van der Waals surface area contributed by atoms with Crippen molar-refractivity contribution >= 4 is 17.7 Å². The molecule has 0 aliphatic carbocycles. The highest BCUT2D eigenvalue weighted by Crippen LogP contribution is 2.51. The molecule has 0 aromatic heterocycles. The van der Waals surface area contributed by atoms with Crippen LogP contribution in [0.4, 0.5) is 10.5 Å². The lowest BCUT2D eigenvalue weighted by molar-refractivity contribution is -0.145. The van der Waals surface area contributed by atoms with E-state index >= 15 is 0 Å². The van der Waals surface area contributed by atoms with Crippen LogP contribution in [0.5, 0.6) is 0 Å². The Morgan fingerprint density at radius 3 is 2.68 bits per heavy atom. The molecule has 6 heteroatoms. The predicted molar refractivity (Wildman–Crippen MR) is 80.6 cm³/mol. The molecule has 2 aliphatic heterocycles. The minimum absolute atomic E-state index is 0.319. The molecule has 22 heavy (non-hydrogen) atoms. The van der Waals surface area contributed by atoms with Crippen molar-refractivity contribution in [1.82, 2.24) is 4.90 Å². The Hall–Kier alpha value is -2.24. The van der Waals surface area contributed by atoms with E-state index in [9.17, 15) is 9.59 Å². The number of rotatable bonds is 1. The van der Waals surface area contributed by atoms with E-state index in [1.54, 1.807) is 0 Å². The van der Waals surface area contributed by atoms with E-state index < -0.39 is 18.1 Å². The van der Waals surface area contributed by atoms with Crippen LogP contribution < -0.4 is 5.32 Å². The van der Waals surface area contributed by atoms with Crippen molar-refractivity contribution in [3.63, 3.8) is 0 Å². The van der Waals surface area contributed by atoms with Gasteiger partial charge in [0.2, 0.25) is 0 Å². The van der Waals surface area contributed by atoms with Gasteiger partial charge < -0.3 is 14.8 Å². The average Bonchev–Trinajstić information content (AvgIpc) is 2.95. The topological polar surface area (TPSA) is 67.9 Å². The molecule has 1 aromatic carbocycles. The van der Waals surface area contributed by atoms with E-state index in [4.69, 9.17) is 9.47 Å². The number of carbonyl (C=O) groups excluding carboxylic acids is 2. The quantitative estimate of drug-likeness (QED) is 0.804. The van der Waals surface area contributed by atoms with Crippen LogP contribution in [-0.2, 0) is 19.7 Å². The first-order chi connectivity index (χ1) is 10.4. The van der Waals surface area contributed by atoms with Gasteiger partial charge in [0.05, 0.1) is 14.2 Å². The second-order valence-corrected chi connectivity index (χ2v) is 6.13. The lowest BCUT2D eigenvalue weighted by Crippen LogP contribution is -2.49. The molecule has 2 aliphatic rings. The van der Waals surface area contributed by atoms with Crippen molar-refractivity contribution < 1.29 is 19.1 Å². The molecule has 0 spiro atoms. The smallest absolute Gasteiger partial charge is 0.411 e. The first kappa shape index (κ1) is 14.7. The van der Waals surface area contributed by atoms with Gasteiger partial charge in [0.15, 0.2) is 0 Å². The number of methoxy groups -OCH3 is 2. The Kier molecular flexibility index (Phi) is 3.27. The second kappa shape index (κ2) is 4.90. The zero-order chi connectivity index (χ0) is 16.1. The predicted octanol–water partition coefficient (Wildman–Crippen LogP) is 2.02. The number of esters is 1. The molecule has 1 saturated heterocycles. The lowest BCUT2D eigenvalue weighted by Gasteiger charge is -2.29. The van der Waals surface area contributed by atoms with Crippen LogP contribution in [0.2, 0.25) is 0 Å². The van der Waals surface area contributed by atoms with Gasteiger partial charge >= 0.3 is 12.1 Å². The number of likely N-dealkylation sites (tertiary alicyclic amines) is 1. The van der Waals surface area contributed by atoms with E-state index in [1.807, 2.05) is 19.1 Å². The summed E-state index contributed by atoms with van der Waals surface area (Å²) in [6, 6.07) is 5.50. The fourth-order valence-electron chi connectivity index (χ4n) is 3.66. The molecule has 3 atom stereocenters. The maximum Gasteiger partial charge on any atom is 0.411 e. The fraction of sp³-hybridized carbons (Fsp3) is 0.500. The molecule has 0 saturated carbocycles. The standard InChI is InChI=1S/C16H20N2O4/c1-9-5-6-11-10(7-9)16(2)8-12(13(19)21-3)18(14(16)17-11)15(20)22-4/h5-7,12,14,17H,8H2,1-4H3/t12-,14-,16-/m0/s1. The Morgan fingerprint density at radius 2 is 2.05 bits per heavy atom. The summed E-state index contributed by atoms with van der Waals surface area (Å²) in [5.41, 5.74) is 2.91. The van der Waals surface area contributed by atoms with E-state index in [-0.39, 0.29) is 11.6 Å². The Balaban J connectivity index is 2.07. The summed E-state index contributed by atoms with van der Waals surface area (Å²) in [7, 11) is 2.65. The number of hydrogen-bond donors (Lipinski definition) is 1. The molecular weight excluding hydrogens is 284 g/mol. The summed E-state index contributed by atoms with van der Waals surface area (Å²) in [6.07, 6.45) is -0.342. The average molecular weight is 304 g/mol. The van der Waals surface area contributed by atoms with Crippen LogP contribution in [0.3, 0.4) is 0 Å². The first-order valence-electron chi connectivity index (χ1n) is 7.24. The summed E-state index contributed by atoms with van der Waals surface area (Å²) in [5.74, 6) is -0.419. The molecule has 1 amide bonds. The minimum atomic E-state index is -0.645. The van der Waals surface area contributed by atoms with Gasteiger partial charge in [0, 0.05) is 11.1 Å². The number of amides is 1. The molecule has 1 aromatic rings. The molecular formula is C16H20N2O4. The Labute approximate surface area is 129 Å². The second-order valence-electron chi connectivity index (χ2n) is 6.13. The monoisotopic (exact) mass is 304 g/mol. The van der Waals surface area contributed by atoms with E-state index in [0.717, 1.165) is 16.8 Å². The van der Waals surface area contributed by atoms with Crippen molar-refractivity contribution in [2.24, 2.45) is 0 Å². The van der Waals surface area contributed by atoms with Gasteiger partial charge in [0.1, 0.15) is 12.2 Å². The number of hydrogen-bond acceptors (Lipinski definition) is 5. The van der Waals surface area contributed by atoms with Crippen molar-refractivity contribution in [3.8, 4) is 0 Å². The number of fused-ring (bicyclic) bond motifs is 3. The fourth-order valence-corrected chi connectivity index (χ4v) is 3.66. The number of carbonyl (C=O) groups is 2. The molecule has 1 fully saturated rings. The minimum Gasteiger partial charge on any atom is -0.467 e. The summed E-state index contributed by atoms with van der Waals surface area (Å²) in [6.45, 7) is 4.09. The van der Waals surface area contributed by atoms with Crippen LogP contribution in [0.15, 0.2) is 18.2 Å². The van der Waals surface area contributed by atoms with Crippen molar-refractivity contribution in [3.05, 3.63) is 29.3 Å². The third kappa shape index (κ3) is 1.86. The molecule has 0 bridgehead atoms. The van der Waals surface area contributed by atoms with Crippen LogP contribution in [0.1, 0.15) is 24.5 Å². The third-order valence-corrected chi connectivity index (χ3v) is 4.78. The summed E-state index contributed by atoms with van der Waals surface area (Å²) in [5, 5.41) is 3.36. The van der Waals surface area contributed by atoms with E-state index in [0.29, 0.717) is 6.42 Å². The Morgan fingerprint density at radius 1 is 1.32 bits per heavy atom. The number of nitrogens with zero attached hydrogens (tertiary/aromatic N) is 1. The molecule has 3 rings (SSSR count). The van der Waals surface area contributed by atoms with E-state index in [2.05, 4.69) is 18.3 Å². The molecule has 0 unspecified atom stereocenters. The van der Waals surface area contributed by atoms with Crippen molar-refractivity contribution in [2.45, 2.75) is 37.9 Å². The highest BCUT2D eigenvalue weighted by Gasteiger charge is 2.59. The normalized spacial score (nSPS) is 28.6. The number of anilines is 1. The number of aryl methyl sites for hydroxylation is 1. The lowest BCUT2D eigenvalue weighted by atomic mass is 9.79. The SMILES string of the molecule is COC(=O)[C@@H]1C[C@@]2(C)c3cc(C)ccc3N[C@H]2N1C(=O)OC. The van der Waals surface area contributed by atoms with Crippen LogP contribution >= 0.6 is 0 Å². The molecule has 118 valence electrons. The zero-order valence-corrected chi connectivity index (χ0v) is 13.2. The molecule has 6 nitrogen and oxygen atoms in total. The largest absolute Gasteiger partial charge is 0.467 e. The third-order valence-electron chi connectivity index (χ3n) is 4.78. The molecule has 0 radical (unpaired) electrons. The van der Waals surface area contributed by atoms with Crippen LogP contribution in [0, 0.1) is 6.92 Å². The summed E-state index contributed by atoms with van der Waals surface area (Å²) < 4.78 is 9.74. The highest BCUT2D eigenvalue weighted by atomic mass is 16.5. The summed E-state index contributed by atoms with van der Waals surface area (Å²) in [4.78, 5) is 25.8. The maximum absolute atomic E-state index is 12.2. The van der Waals surface area contributed by atoms with Crippen molar-refractivity contribution in [2.75, 3.05) is 19.5 Å². The van der Waals surface area contributed by atoms with Crippen molar-refractivity contribution in [1.29, 1.82) is 0 Å². The van der Waals surface area contributed by atoms with E-state index in [1.165, 1.54) is 19.1 Å². The highest BCUT2D eigenvalue weighted by molar-refractivity contribution is 5.84.